The fourth-order valence-electron chi connectivity index (χ4n) is 1.53. The van der Waals surface area contributed by atoms with E-state index >= 15 is 0 Å². The lowest BCUT2D eigenvalue weighted by molar-refractivity contribution is -0.384. The molecule has 0 saturated carbocycles. The summed E-state index contributed by atoms with van der Waals surface area (Å²) in [4.78, 5) is 14.5. The van der Waals surface area contributed by atoms with Crippen LogP contribution in [-0.2, 0) is 0 Å². The van der Waals surface area contributed by atoms with E-state index in [1.54, 1.807) is 18.3 Å². The van der Waals surface area contributed by atoms with Crippen molar-refractivity contribution >= 4 is 16.6 Å². The highest BCUT2D eigenvalue weighted by atomic mass is 16.6. The molecule has 2 rings (SSSR count). The molecule has 4 nitrogen and oxygen atoms in total. The number of nitro benzene ring substituents is 1. The lowest BCUT2D eigenvalue weighted by atomic mass is 10.1. The molecule has 0 amide bonds. The van der Waals surface area contributed by atoms with Crippen LogP contribution in [0.25, 0.3) is 10.9 Å². The van der Waals surface area contributed by atoms with Gasteiger partial charge in [-0.2, -0.15) is 0 Å². The van der Waals surface area contributed by atoms with E-state index in [1.165, 1.54) is 6.07 Å². The zero-order valence-electron chi connectivity index (χ0n) is 8.52. The van der Waals surface area contributed by atoms with Gasteiger partial charge in [-0.15, -0.1) is 0 Å². The van der Waals surface area contributed by atoms with E-state index in [2.05, 4.69) is 4.98 Å². The van der Waals surface area contributed by atoms with Crippen molar-refractivity contribution < 1.29 is 4.92 Å². The summed E-state index contributed by atoms with van der Waals surface area (Å²) in [5.41, 5.74) is 2.99. The zero-order valence-corrected chi connectivity index (χ0v) is 8.52. The lowest BCUT2D eigenvalue weighted by Crippen LogP contribution is -1.91. The third-order valence-electron chi connectivity index (χ3n) is 2.58. The molecule has 0 radical (unpaired) electrons. The monoisotopic (exact) mass is 202 g/mol. The maximum absolute atomic E-state index is 10.6. The molecule has 0 unspecified atom stereocenters. The second kappa shape index (κ2) is 3.31. The maximum atomic E-state index is 10.6. The first-order valence-electron chi connectivity index (χ1n) is 4.60. The highest BCUT2D eigenvalue weighted by Crippen LogP contribution is 2.23. The van der Waals surface area contributed by atoms with E-state index < -0.39 is 0 Å². The minimum atomic E-state index is -0.388. The van der Waals surface area contributed by atoms with Gasteiger partial charge in [0.25, 0.3) is 5.69 Å². The quantitative estimate of drug-likeness (QED) is 0.527. The average molecular weight is 202 g/mol. The largest absolute Gasteiger partial charge is 0.270 e. The van der Waals surface area contributed by atoms with Gasteiger partial charge in [0.15, 0.2) is 0 Å². The second-order valence-corrected chi connectivity index (χ2v) is 3.52. The SMILES string of the molecule is Cc1cnc2ccc([N+](=O)[O-])cc2c1C. The van der Waals surface area contributed by atoms with Crippen molar-refractivity contribution in [3.8, 4) is 0 Å². The molecule has 0 N–H and O–H groups in total. The Balaban J connectivity index is 2.79. The Morgan fingerprint density at radius 1 is 1.33 bits per heavy atom. The van der Waals surface area contributed by atoms with Crippen LogP contribution in [0.3, 0.4) is 0 Å². The third-order valence-corrected chi connectivity index (χ3v) is 2.58. The van der Waals surface area contributed by atoms with Gasteiger partial charge in [0.05, 0.1) is 10.4 Å². The summed E-state index contributed by atoms with van der Waals surface area (Å²) in [6, 6.07) is 4.73. The number of fused-ring (bicyclic) bond motifs is 1. The van der Waals surface area contributed by atoms with Crippen LogP contribution in [0.2, 0.25) is 0 Å². The van der Waals surface area contributed by atoms with Crippen LogP contribution in [0, 0.1) is 24.0 Å². The first-order valence-corrected chi connectivity index (χ1v) is 4.60. The predicted octanol–water partition coefficient (Wildman–Crippen LogP) is 2.76. The van der Waals surface area contributed by atoms with Gasteiger partial charge >= 0.3 is 0 Å². The van der Waals surface area contributed by atoms with Gasteiger partial charge in [0.2, 0.25) is 0 Å². The first-order chi connectivity index (χ1) is 7.09. The number of nitrogens with zero attached hydrogens (tertiary/aromatic N) is 2. The van der Waals surface area contributed by atoms with Crippen LogP contribution in [0.1, 0.15) is 11.1 Å². The molecule has 0 bridgehead atoms. The highest BCUT2D eigenvalue weighted by Gasteiger charge is 2.08. The van der Waals surface area contributed by atoms with Gasteiger partial charge in [-0.05, 0) is 31.0 Å². The molecule has 0 saturated heterocycles. The molecule has 2 aromatic rings. The highest BCUT2D eigenvalue weighted by molar-refractivity contribution is 5.84. The first kappa shape index (κ1) is 9.58. The Bertz CT molecular complexity index is 550. The molecule has 76 valence electrons. The fourth-order valence-corrected chi connectivity index (χ4v) is 1.53. The van der Waals surface area contributed by atoms with Crippen LogP contribution in [0.5, 0.6) is 0 Å². The summed E-state index contributed by atoms with van der Waals surface area (Å²) in [5.74, 6) is 0. The molecule has 1 heterocycles. The number of rotatable bonds is 1. The Kier molecular flexibility index (Phi) is 2.11. The van der Waals surface area contributed by atoms with Gasteiger partial charge < -0.3 is 0 Å². The number of aryl methyl sites for hydroxylation is 2. The van der Waals surface area contributed by atoms with E-state index in [1.807, 2.05) is 13.8 Å². The summed E-state index contributed by atoms with van der Waals surface area (Å²) in [6.45, 7) is 3.89. The van der Waals surface area contributed by atoms with Gasteiger partial charge in [0, 0.05) is 23.7 Å². The smallest absolute Gasteiger partial charge is 0.258 e. The summed E-state index contributed by atoms with van der Waals surface area (Å²) in [5, 5.41) is 11.5. The third kappa shape index (κ3) is 1.54. The second-order valence-electron chi connectivity index (χ2n) is 3.52. The standard InChI is InChI=1S/C11H10N2O2/c1-7-6-12-11-4-3-9(13(14)15)5-10(11)8(7)2/h3-6H,1-2H3. The van der Waals surface area contributed by atoms with E-state index in [9.17, 15) is 10.1 Å². The van der Waals surface area contributed by atoms with E-state index in [0.717, 1.165) is 22.0 Å². The van der Waals surface area contributed by atoms with Crippen LogP contribution in [-0.4, -0.2) is 9.91 Å². The number of hydrogen-bond acceptors (Lipinski definition) is 3. The Morgan fingerprint density at radius 2 is 2.07 bits per heavy atom. The van der Waals surface area contributed by atoms with Gasteiger partial charge in [0.1, 0.15) is 0 Å². The zero-order chi connectivity index (χ0) is 11.0. The molecule has 0 atom stereocenters. The molecule has 0 aliphatic heterocycles. The van der Waals surface area contributed by atoms with Crippen LogP contribution in [0.4, 0.5) is 5.69 Å². The molecule has 1 aromatic heterocycles. The number of nitro groups is 1. The summed E-state index contributed by atoms with van der Waals surface area (Å²) in [7, 11) is 0. The van der Waals surface area contributed by atoms with Gasteiger partial charge in [-0.1, -0.05) is 0 Å². The normalized spacial score (nSPS) is 10.5. The molecular formula is C11H10N2O2. The van der Waals surface area contributed by atoms with E-state index in [0.29, 0.717) is 0 Å². The van der Waals surface area contributed by atoms with Crippen LogP contribution < -0.4 is 0 Å². The maximum Gasteiger partial charge on any atom is 0.270 e. The summed E-state index contributed by atoms with van der Waals surface area (Å²) < 4.78 is 0. The molecule has 15 heavy (non-hydrogen) atoms. The number of non-ortho nitro benzene ring substituents is 1. The molecule has 4 heteroatoms. The van der Waals surface area contributed by atoms with Crippen molar-refractivity contribution in [2.75, 3.05) is 0 Å². The number of aromatic nitrogens is 1. The van der Waals surface area contributed by atoms with Crippen LogP contribution >= 0.6 is 0 Å². The number of pyridine rings is 1. The van der Waals surface area contributed by atoms with Crippen molar-refractivity contribution in [2.24, 2.45) is 0 Å². The van der Waals surface area contributed by atoms with Crippen molar-refractivity contribution in [2.45, 2.75) is 13.8 Å². The minimum absolute atomic E-state index is 0.109. The van der Waals surface area contributed by atoms with Crippen molar-refractivity contribution in [1.29, 1.82) is 0 Å². The molecule has 0 fully saturated rings. The van der Waals surface area contributed by atoms with Crippen molar-refractivity contribution in [1.82, 2.24) is 4.98 Å². The fraction of sp³-hybridized carbons (Fsp3) is 0.182. The lowest BCUT2D eigenvalue weighted by Gasteiger charge is -2.04. The Morgan fingerprint density at radius 3 is 2.73 bits per heavy atom. The summed E-state index contributed by atoms with van der Waals surface area (Å²) in [6.07, 6.45) is 1.78. The van der Waals surface area contributed by atoms with Crippen molar-refractivity contribution in [3.05, 3.63) is 45.6 Å². The Hall–Kier alpha value is -1.97. The topological polar surface area (TPSA) is 56.0 Å². The molecule has 1 aromatic carbocycles. The minimum Gasteiger partial charge on any atom is -0.258 e. The van der Waals surface area contributed by atoms with Gasteiger partial charge in [-0.3, -0.25) is 15.1 Å². The molecular weight excluding hydrogens is 192 g/mol. The Labute approximate surface area is 86.7 Å². The molecule has 0 aliphatic rings. The number of benzene rings is 1. The number of hydrogen-bond donors (Lipinski definition) is 0. The van der Waals surface area contributed by atoms with Crippen LogP contribution in [0.15, 0.2) is 24.4 Å². The van der Waals surface area contributed by atoms with Crippen molar-refractivity contribution in [3.63, 3.8) is 0 Å². The predicted molar refractivity (Wildman–Crippen MR) is 57.9 cm³/mol. The van der Waals surface area contributed by atoms with E-state index in [4.69, 9.17) is 0 Å². The molecule has 0 spiro atoms. The summed E-state index contributed by atoms with van der Waals surface area (Å²) >= 11 is 0. The van der Waals surface area contributed by atoms with Gasteiger partial charge in [-0.25, -0.2) is 0 Å². The van der Waals surface area contributed by atoms with E-state index in [-0.39, 0.29) is 10.6 Å². The molecule has 0 aliphatic carbocycles. The average Bonchev–Trinajstić information content (AvgIpc) is 2.23.